The summed E-state index contributed by atoms with van der Waals surface area (Å²) in [5.41, 5.74) is -0.575. The molecule has 0 atom stereocenters. The molecule has 0 amide bonds. The van der Waals surface area contributed by atoms with Gasteiger partial charge < -0.3 is 0 Å². The topological polar surface area (TPSA) is 23.8 Å². The number of thioether (sulfide) groups is 1. The van der Waals surface area contributed by atoms with Crippen LogP contribution in [0.25, 0.3) is 6.08 Å². The summed E-state index contributed by atoms with van der Waals surface area (Å²) < 4.78 is 79.2. The number of benzene rings is 2. The van der Waals surface area contributed by atoms with Crippen molar-refractivity contribution in [2.75, 3.05) is 0 Å². The molecule has 0 unspecified atom stereocenters. The molecule has 2 aromatic carbocycles. The highest BCUT2D eigenvalue weighted by molar-refractivity contribution is 8.02. The molecule has 2 aromatic rings. The van der Waals surface area contributed by atoms with E-state index >= 15 is 0 Å². The number of allylic oxidation sites excluding steroid dienone is 1. The molecule has 0 N–H and O–H groups in total. The third kappa shape index (κ3) is 3.74. The van der Waals surface area contributed by atoms with E-state index in [9.17, 15) is 26.3 Å². The number of nitriles is 1. The van der Waals surface area contributed by atoms with Crippen molar-refractivity contribution in [3.8, 4) is 6.07 Å². The molecule has 0 aromatic heterocycles. The van der Waals surface area contributed by atoms with Gasteiger partial charge in [-0.25, -0.2) is 26.3 Å². The Kier molecular flexibility index (Phi) is 5.57. The van der Waals surface area contributed by atoms with Crippen LogP contribution in [0.2, 0.25) is 0 Å². The molecule has 0 aliphatic heterocycles. The number of halogens is 6. The second kappa shape index (κ2) is 7.45. The van der Waals surface area contributed by atoms with Crippen molar-refractivity contribution in [2.24, 2.45) is 0 Å². The molecule has 0 aliphatic rings. The first-order valence-electron chi connectivity index (χ1n) is 6.35. The zero-order valence-electron chi connectivity index (χ0n) is 11.7. The summed E-state index contributed by atoms with van der Waals surface area (Å²) in [6, 6.07) is 6.88. The van der Waals surface area contributed by atoms with Crippen molar-refractivity contribution >= 4 is 17.8 Å². The van der Waals surface area contributed by atoms with Gasteiger partial charge in [-0.15, -0.1) is 11.8 Å². The van der Waals surface area contributed by atoms with E-state index in [1.807, 2.05) is 0 Å². The molecule has 0 saturated heterocycles. The Bertz CT molecular complexity index is 810. The molecule has 124 valence electrons. The lowest BCUT2D eigenvalue weighted by molar-refractivity contribution is 0.377. The SMILES string of the molecule is N#CC(=Cc1c(F)c(F)c(F)c(F)c1F)SCc1ccc(F)cc1. The fraction of sp³-hybridized carbons (Fsp3) is 0.0625. The third-order valence-electron chi connectivity index (χ3n) is 2.94. The van der Waals surface area contributed by atoms with Gasteiger partial charge >= 0.3 is 0 Å². The van der Waals surface area contributed by atoms with E-state index in [2.05, 4.69) is 0 Å². The average molecular weight is 359 g/mol. The fourth-order valence-electron chi connectivity index (χ4n) is 1.73. The van der Waals surface area contributed by atoms with Crippen LogP contribution >= 0.6 is 11.8 Å². The normalized spacial score (nSPS) is 11.5. The summed E-state index contributed by atoms with van der Waals surface area (Å²) in [5.74, 6) is -10.8. The lowest BCUT2D eigenvalue weighted by Gasteiger charge is -2.05. The van der Waals surface area contributed by atoms with E-state index in [0.717, 1.165) is 11.8 Å². The Labute approximate surface area is 137 Å². The van der Waals surface area contributed by atoms with Gasteiger partial charge in [0.1, 0.15) is 11.9 Å². The summed E-state index contributed by atoms with van der Waals surface area (Å²) >= 11 is 0.814. The summed E-state index contributed by atoms with van der Waals surface area (Å²) in [5, 5.41) is 8.98. The minimum absolute atomic E-state index is 0.148. The molecule has 8 heteroatoms. The maximum atomic E-state index is 13.6. The van der Waals surface area contributed by atoms with Crippen LogP contribution in [-0.4, -0.2) is 0 Å². The zero-order chi connectivity index (χ0) is 17.9. The van der Waals surface area contributed by atoms with Gasteiger partial charge in [-0.05, 0) is 23.8 Å². The summed E-state index contributed by atoms with van der Waals surface area (Å²) in [6.07, 6.45) is 0.588. The van der Waals surface area contributed by atoms with Crippen LogP contribution in [0, 0.1) is 46.2 Å². The fourth-order valence-corrected chi connectivity index (χ4v) is 2.51. The monoisotopic (exact) mass is 359 g/mol. The number of rotatable bonds is 4. The largest absolute Gasteiger partial charge is 0.207 e. The van der Waals surface area contributed by atoms with Gasteiger partial charge in [0, 0.05) is 5.75 Å². The van der Waals surface area contributed by atoms with Crippen molar-refractivity contribution < 1.29 is 26.3 Å². The standard InChI is InChI=1S/C16H7F6NS/c17-9-3-1-8(2-4-9)7-24-10(6-23)5-11-12(18)14(20)16(22)15(21)13(11)19/h1-5H,7H2. The van der Waals surface area contributed by atoms with Crippen molar-refractivity contribution in [2.45, 2.75) is 5.75 Å². The third-order valence-corrected chi connectivity index (χ3v) is 3.93. The van der Waals surface area contributed by atoms with Gasteiger partial charge in [0.15, 0.2) is 23.3 Å². The van der Waals surface area contributed by atoms with Crippen molar-refractivity contribution in [3.63, 3.8) is 0 Å². The van der Waals surface area contributed by atoms with E-state index in [1.54, 1.807) is 6.07 Å². The molecule has 0 radical (unpaired) electrons. The molecule has 0 bridgehead atoms. The Balaban J connectivity index is 2.31. The molecule has 24 heavy (non-hydrogen) atoms. The Morgan fingerprint density at radius 2 is 1.38 bits per heavy atom. The molecular formula is C16H7F6NS. The van der Waals surface area contributed by atoms with Gasteiger partial charge in [-0.3, -0.25) is 0 Å². The average Bonchev–Trinajstić information content (AvgIpc) is 2.59. The van der Waals surface area contributed by atoms with Crippen LogP contribution in [0.3, 0.4) is 0 Å². The molecular weight excluding hydrogens is 352 g/mol. The van der Waals surface area contributed by atoms with E-state index in [1.165, 1.54) is 24.3 Å². The van der Waals surface area contributed by atoms with Crippen molar-refractivity contribution in [3.05, 3.63) is 75.2 Å². The lowest BCUT2D eigenvalue weighted by Crippen LogP contribution is -2.04. The van der Waals surface area contributed by atoms with Gasteiger partial charge in [0.05, 0.1) is 10.5 Å². The Morgan fingerprint density at radius 1 is 0.875 bits per heavy atom. The summed E-state index contributed by atoms with van der Waals surface area (Å²) in [7, 11) is 0. The molecule has 0 spiro atoms. The molecule has 2 rings (SSSR count). The van der Waals surface area contributed by atoms with Crippen LogP contribution < -0.4 is 0 Å². The van der Waals surface area contributed by atoms with Crippen LogP contribution in [-0.2, 0) is 5.75 Å². The van der Waals surface area contributed by atoms with Crippen LogP contribution in [0.5, 0.6) is 0 Å². The van der Waals surface area contributed by atoms with Crippen molar-refractivity contribution in [1.82, 2.24) is 0 Å². The second-order valence-corrected chi connectivity index (χ2v) is 5.54. The second-order valence-electron chi connectivity index (χ2n) is 4.52. The van der Waals surface area contributed by atoms with Gasteiger partial charge in [0.2, 0.25) is 5.82 Å². The first-order valence-corrected chi connectivity index (χ1v) is 7.34. The summed E-state index contributed by atoms with van der Waals surface area (Å²) in [4.78, 5) is -0.262. The smallest absolute Gasteiger partial charge is 0.200 e. The summed E-state index contributed by atoms with van der Waals surface area (Å²) in [6.45, 7) is 0. The first kappa shape index (κ1) is 17.9. The predicted molar refractivity (Wildman–Crippen MR) is 77.5 cm³/mol. The molecule has 0 aliphatic carbocycles. The highest BCUT2D eigenvalue weighted by Gasteiger charge is 2.24. The Hall–Kier alpha value is -2.40. The number of nitrogens with zero attached hydrogens (tertiary/aromatic N) is 1. The highest BCUT2D eigenvalue weighted by Crippen LogP contribution is 2.28. The van der Waals surface area contributed by atoms with Crippen LogP contribution in [0.1, 0.15) is 11.1 Å². The maximum absolute atomic E-state index is 13.6. The number of hydrogen-bond acceptors (Lipinski definition) is 2. The molecule has 0 saturated carbocycles. The Morgan fingerprint density at radius 3 is 1.88 bits per heavy atom. The van der Waals surface area contributed by atoms with Gasteiger partial charge in [-0.2, -0.15) is 5.26 Å². The zero-order valence-corrected chi connectivity index (χ0v) is 12.5. The van der Waals surface area contributed by atoms with Crippen molar-refractivity contribution in [1.29, 1.82) is 5.26 Å². The highest BCUT2D eigenvalue weighted by atomic mass is 32.2. The van der Waals surface area contributed by atoms with Crippen LogP contribution in [0.15, 0.2) is 29.2 Å². The van der Waals surface area contributed by atoms with E-state index in [4.69, 9.17) is 5.26 Å². The van der Waals surface area contributed by atoms with Crippen LogP contribution in [0.4, 0.5) is 26.3 Å². The molecule has 1 nitrogen and oxygen atoms in total. The van der Waals surface area contributed by atoms with E-state index in [-0.39, 0.29) is 10.7 Å². The molecule has 0 heterocycles. The molecule has 0 fully saturated rings. The van der Waals surface area contributed by atoms with E-state index < -0.39 is 40.5 Å². The lowest BCUT2D eigenvalue weighted by atomic mass is 10.1. The van der Waals surface area contributed by atoms with Gasteiger partial charge in [0.25, 0.3) is 0 Å². The quantitative estimate of drug-likeness (QED) is 0.319. The minimum Gasteiger partial charge on any atom is -0.207 e. The maximum Gasteiger partial charge on any atom is 0.200 e. The minimum atomic E-state index is -2.26. The van der Waals surface area contributed by atoms with E-state index in [0.29, 0.717) is 11.6 Å². The van der Waals surface area contributed by atoms with Gasteiger partial charge in [-0.1, -0.05) is 12.1 Å². The number of hydrogen-bond donors (Lipinski definition) is 0. The first-order chi connectivity index (χ1) is 11.3. The predicted octanol–water partition coefficient (Wildman–Crippen LogP) is 5.32.